The Morgan fingerprint density at radius 1 is 1.28 bits per heavy atom. The molecule has 0 aromatic heterocycles. The second kappa shape index (κ2) is 5.01. The number of carbonyl (C=O) groups is 1. The van der Waals surface area contributed by atoms with E-state index in [2.05, 4.69) is 12.2 Å². The van der Waals surface area contributed by atoms with Crippen LogP contribution in [-0.4, -0.2) is 5.91 Å². The van der Waals surface area contributed by atoms with Crippen LogP contribution in [0, 0.1) is 12.3 Å². The number of benzene rings is 1. The summed E-state index contributed by atoms with van der Waals surface area (Å²) < 4.78 is 0. The van der Waals surface area contributed by atoms with Crippen LogP contribution < -0.4 is 11.1 Å². The summed E-state index contributed by atoms with van der Waals surface area (Å²) in [7, 11) is 0. The first-order chi connectivity index (χ1) is 8.53. The second-order valence-electron chi connectivity index (χ2n) is 5.60. The lowest BCUT2D eigenvalue weighted by atomic mass is 9.75. The summed E-state index contributed by atoms with van der Waals surface area (Å²) in [5, 5.41) is 3.04. The number of anilines is 2. The molecule has 0 atom stereocenters. The van der Waals surface area contributed by atoms with Gasteiger partial charge in [0.15, 0.2) is 0 Å². The Morgan fingerprint density at radius 2 is 1.94 bits per heavy atom. The van der Waals surface area contributed by atoms with Gasteiger partial charge < -0.3 is 11.1 Å². The van der Waals surface area contributed by atoms with E-state index in [1.807, 2.05) is 25.1 Å². The highest BCUT2D eigenvalue weighted by molar-refractivity contribution is 5.96. The molecular weight excluding hydrogens is 224 g/mol. The molecule has 1 aliphatic carbocycles. The van der Waals surface area contributed by atoms with Gasteiger partial charge in [-0.2, -0.15) is 0 Å². The average molecular weight is 246 g/mol. The van der Waals surface area contributed by atoms with E-state index in [0.717, 1.165) is 42.6 Å². The van der Waals surface area contributed by atoms with Crippen molar-refractivity contribution in [1.82, 2.24) is 0 Å². The van der Waals surface area contributed by atoms with Gasteiger partial charge >= 0.3 is 0 Å². The monoisotopic (exact) mass is 246 g/mol. The van der Waals surface area contributed by atoms with Gasteiger partial charge in [-0.1, -0.05) is 32.3 Å². The number of nitrogens with one attached hydrogen (secondary N) is 1. The van der Waals surface area contributed by atoms with Crippen LogP contribution >= 0.6 is 0 Å². The SMILES string of the molecule is Cc1c(N)cccc1NC(=O)C1(C)CCCCC1. The Hall–Kier alpha value is -1.51. The zero-order chi connectivity index (χ0) is 13.2. The third kappa shape index (κ3) is 2.50. The van der Waals surface area contributed by atoms with Gasteiger partial charge in [0.05, 0.1) is 0 Å². The normalized spacial score (nSPS) is 18.3. The molecule has 18 heavy (non-hydrogen) atoms. The Kier molecular flexibility index (Phi) is 3.60. The largest absolute Gasteiger partial charge is 0.398 e. The highest BCUT2D eigenvalue weighted by Gasteiger charge is 2.34. The van der Waals surface area contributed by atoms with Crippen molar-refractivity contribution in [2.45, 2.75) is 46.0 Å². The van der Waals surface area contributed by atoms with Crippen LogP contribution in [0.4, 0.5) is 11.4 Å². The zero-order valence-corrected chi connectivity index (χ0v) is 11.3. The summed E-state index contributed by atoms with van der Waals surface area (Å²) in [6, 6.07) is 5.64. The van der Waals surface area contributed by atoms with E-state index in [4.69, 9.17) is 5.73 Å². The molecule has 0 radical (unpaired) electrons. The fourth-order valence-corrected chi connectivity index (χ4v) is 2.62. The van der Waals surface area contributed by atoms with Gasteiger partial charge in [-0.15, -0.1) is 0 Å². The first-order valence-electron chi connectivity index (χ1n) is 6.69. The van der Waals surface area contributed by atoms with Crippen molar-refractivity contribution in [1.29, 1.82) is 0 Å². The summed E-state index contributed by atoms with van der Waals surface area (Å²) in [6.07, 6.45) is 5.53. The molecule has 3 nitrogen and oxygen atoms in total. The lowest BCUT2D eigenvalue weighted by Gasteiger charge is -2.32. The van der Waals surface area contributed by atoms with Gasteiger partial charge in [-0.3, -0.25) is 4.79 Å². The Bertz CT molecular complexity index is 448. The third-order valence-corrected chi connectivity index (χ3v) is 4.13. The quantitative estimate of drug-likeness (QED) is 0.785. The number of rotatable bonds is 2. The number of hydrogen-bond acceptors (Lipinski definition) is 2. The van der Waals surface area contributed by atoms with Gasteiger partial charge in [0.25, 0.3) is 0 Å². The van der Waals surface area contributed by atoms with Crippen LogP contribution in [0.25, 0.3) is 0 Å². The molecule has 2 rings (SSSR count). The maximum atomic E-state index is 12.4. The summed E-state index contributed by atoms with van der Waals surface area (Å²) in [5.74, 6) is 0.135. The number of hydrogen-bond donors (Lipinski definition) is 2. The maximum absolute atomic E-state index is 12.4. The molecule has 0 aliphatic heterocycles. The van der Waals surface area contributed by atoms with Gasteiger partial charge in [0.1, 0.15) is 0 Å². The molecule has 0 spiro atoms. The van der Waals surface area contributed by atoms with E-state index >= 15 is 0 Å². The predicted octanol–water partition coefficient (Wildman–Crippen LogP) is 3.49. The van der Waals surface area contributed by atoms with E-state index < -0.39 is 0 Å². The van der Waals surface area contributed by atoms with Gasteiger partial charge in [-0.25, -0.2) is 0 Å². The molecule has 98 valence electrons. The average Bonchev–Trinajstić information content (AvgIpc) is 2.36. The minimum Gasteiger partial charge on any atom is -0.398 e. The summed E-state index contributed by atoms with van der Waals surface area (Å²) in [5.41, 5.74) is 8.16. The van der Waals surface area contributed by atoms with Crippen molar-refractivity contribution in [2.75, 3.05) is 11.1 Å². The van der Waals surface area contributed by atoms with E-state index in [1.165, 1.54) is 6.42 Å². The van der Waals surface area contributed by atoms with Crippen molar-refractivity contribution < 1.29 is 4.79 Å². The van der Waals surface area contributed by atoms with Crippen LogP contribution in [0.5, 0.6) is 0 Å². The summed E-state index contributed by atoms with van der Waals surface area (Å²) >= 11 is 0. The molecule has 1 amide bonds. The lowest BCUT2D eigenvalue weighted by molar-refractivity contribution is -0.126. The first kappa shape index (κ1) is 12.9. The molecule has 0 saturated heterocycles. The minimum atomic E-state index is -0.213. The fraction of sp³-hybridized carbons (Fsp3) is 0.533. The van der Waals surface area contributed by atoms with E-state index in [1.54, 1.807) is 0 Å². The van der Waals surface area contributed by atoms with E-state index in [-0.39, 0.29) is 11.3 Å². The Labute approximate surface area is 109 Å². The molecule has 1 fully saturated rings. The molecular formula is C15H22N2O. The van der Waals surface area contributed by atoms with Gasteiger partial charge in [0, 0.05) is 16.8 Å². The standard InChI is InChI=1S/C15H22N2O/c1-11-12(16)7-6-8-13(11)17-14(18)15(2)9-4-3-5-10-15/h6-8H,3-5,9-10,16H2,1-2H3,(H,17,18). The van der Waals surface area contributed by atoms with Crippen molar-refractivity contribution in [3.8, 4) is 0 Å². The zero-order valence-electron chi connectivity index (χ0n) is 11.3. The summed E-state index contributed by atoms with van der Waals surface area (Å²) in [4.78, 5) is 12.4. The highest BCUT2D eigenvalue weighted by atomic mass is 16.2. The van der Waals surface area contributed by atoms with Crippen molar-refractivity contribution in [3.05, 3.63) is 23.8 Å². The molecule has 0 heterocycles. The predicted molar refractivity (Wildman–Crippen MR) is 75.4 cm³/mol. The van der Waals surface area contributed by atoms with Crippen molar-refractivity contribution >= 4 is 17.3 Å². The second-order valence-corrected chi connectivity index (χ2v) is 5.60. The Morgan fingerprint density at radius 3 is 2.61 bits per heavy atom. The summed E-state index contributed by atoms with van der Waals surface area (Å²) in [6.45, 7) is 4.01. The number of amides is 1. The van der Waals surface area contributed by atoms with Crippen LogP contribution in [0.1, 0.15) is 44.6 Å². The molecule has 3 heteroatoms. The molecule has 1 aromatic carbocycles. The minimum absolute atomic E-state index is 0.135. The number of nitrogen functional groups attached to an aromatic ring is 1. The van der Waals surface area contributed by atoms with Crippen LogP contribution in [-0.2, 0) is 4.79 Å². The smallest absolute Gasteiger partial charge is 0.230 e. The van der Waals surface area contributed by atoms with Gasteiger partial charge in [0.2, 0.25) is 5.91 Å². The Balaban J connectivity index is 2.13. The van der Waals surface area contributed by atoms with Crippen LogP contribution in [0.2, 0.25) is 0 Å². The third-order valence-electron chi connectivity index (χ3n) is 4.13. The first-order valence-corrected chi connectivity index (χ1v) is 6.69. The number of nitrogens with two attached hydrogens (primary N) is 1. The van der Waals surface area contributed by atoms with Crippen molar-refractivity contribution in [2.24, 2.45) is 5.41 Å². The van der Waals surface area contributed by atoms with Crippen molar-refractivity contribution in [3.63, 3.8) is 0 Å². The van der Waals surface area contributed by atoms with Gasteiger partial charge in [-0.05, 0) is 37.5 Å². The van der Waals surface area contributed by atoms with Crippen LogP contribution in [0.3, 0.4) is 0 Å². The molecule has 0 unspecified atom stereocenters. The molecule has 0 bridgehead atoms. The molecule has 1 saturated carbocycles. The molecule has 1 aliphatic rings. The van der Waals surface area contributed by atoms with E-state index in [9.17, 15) is 4.79 Å². The molecule has 3 N–H and O–H groups in total. The maximum Gasteiger partial charge on any atom is 0.230 e. The number of carbonyl (C=O) groups excluding carboxylic acids is 1. The highest BCUT2D eigenvalue weighted by Crippen LogP contribution is 2.37. The topological polar surface area (TPSA) is 55.1 Å². The lowest BCUT2D eigenvalue weighted by Crippen LogP contribution is -2.35. The molecule has 1 aromatic rings. The van der Waals surface area contributed by atoms with E-state index in [0.29, 0.717) is 0 Å². The van der Waals surface area contributed by atoms with Crippen LogP contribution in [0.15, 0.2) is 18.2 Å². The fourth-order valence-electron chi connectivity index (χ4n) is 2.62.